The van der Waals surface area contributed by atoms with Gasteiger partial charge < -0.3 is 4.90 Å². The molecule has 3 nitrogen and oxygen atoms in total. The van der Waals surface area contributed by atoms with Crippen LogP contribution >= 0.6 is 0 Å². The summed E-state index contributed by atoms with van der Waals surface area (Å²) >= 11 is 0. The zero-order valence-corrected chi connectivity index (χ0v) is 12.7. The van der Waals surface area contributed by atoms with Crippen LogP contribution in [0.2, 0.25) is 0 Å². The zero-order chi connectivity index (χ0) is 16.9. The van der Waals surface area contributed by atoms with Gasteiger partial charge in [0.2, 0.25) is 0 Å². The summed E-state index contributed by atoms with van der Waals surface area (Å²) in [5.74, 6) is -2.44. The fourth-order valence-corrected chi connectivity index (χ4v) is 2.35. The summed E-state index contributed by atoms with van der Waals surface area (Å²) in [5.41, 5.74) is 1.58. The first-order valence-electron chi connectivity index (χ1n) is 7.36. The molecule has 0 fully saturated rings. The lowest BCUT2D eigenvalue weighted by Gasteiger charge is -2.23. The van der Waals surface area contributed by atoms with Crippen molar-refractivity contribution < 1.29 is 13.6 Å². The van der Waals surface area contributed by atoms with Gasteiger partial charge in [0.25, 0.3) is 5.91 Å². The van der Waals surface area contributed by atoms with Gasteiger partial charge in [0.1, 0.15) is 0 Å². The molecule has 3 rings (SSSR count). The molecule has 0 aliphatic rings. The van der Waals surface area contributed by atoms with E-state index < -0.39 is 17.5 Å². The summed E-state index contributed by atoms with van der Waals surface area (Å²) in [5, 5.41) is 0. The number of benzene rings is 2. The number of anilines is 1. The average molecular weight is 324 g/mol. The van der Waals surface area contributed by atoms with Gasteiger partial charge in [-0.25, -0.2) is 8.78 Å². The topological polar surface area (TPSA) is 33.2 Å². The number of rotatable bonds is 4. The van der Waals surface area contributed by atoms with Crippen LogP contribution in [-0.2, 0) is 6.54 Å². The van der Waals surface area contributed by atoms with Crippen LogP contribution in [0.1, 0.15) is 15.9 Å². The molecule has 3 aromatic rings. The standard InChI is InChI=1S/C19H14F2N2O/c20-17-9-8-15(11-18(17)21)19(24)23(16-6-2-1-3-7-16)13-14-5-4-10-22-12-14/h1-12H,13H2. The molecule has 24 heavy (non-hydrogen) atoms. The summed E-state index contributed by atoms with van der Waals surface area (Å²) in [4.78, 5) is 18.4. The minimum atomic E-state index is -1.05. The molecule has 0 unspecified atom stereocenters. The Morgan fingerprint density at radius 3 is 2.42 bits per heavy atom. The summed E-state index contributed by atoms with van der Waals surface area (Å²) in [6, 6.07) is 15.8. The molecule has 1 aromatic heterocycles. The highest BCUT2D eigenvalue weighted by molar-refractivity contribution is 6.06. The maximum absolute atomic E-state index is 13.5. The van der Waals surface area contributed by atoms with Crippen molar-refractivity contribution in [3.63, 3.8) is 0 Å². The third-order valence-electron chi connectivity index (χ3n) is 3.54. The highest BCUT2D eigenvalue weighted by Crippen LogP contribution is 2.20. The molecule has 0 spiro atoms. The van der Waals surface area contributed by atoms with Crippen molar-refractivity contribution in [2.75, 3.05) is 4.90 Å². The Morgan fingerprint density at radius 2 is 1.75 bits per heavy atom. The van der Waals surface area contributed by atoms with Crippen molar-refractivity contribution >= 4 is 11.6 Å². The molecule has 0 bridgehead atoms. The van der Waals surface area contributed by atoms with E-state index in [0.717, 1.165) is 17.7 Å². The van der Waals surface area contributed by atoms with Gasteiger partial charge in [0, 0.05) is 23.6 Å². The number of carbonyl (C=O) groups is 1. The molecule has 0 atom stereocenters. The first-order chi connectivity index (χ1) is 11.6. The van der Waals surface area contributed by atoms with Gasteiger partial charge in [-0.2, -0.15) is 0 Å². The Kier molecular flexibility index (Phi) is 4.61. The van der Waals surface area contributed by atoms with Gasteiger partial charge in [-0.3, -0.25) is 9.78 Å². The molecule has 0 N–H and O–H groups in total. The number of hydrogen-bond acceptors (Lipinski definition) is 2. The third kappa shape index (κ3) is 3.46. The highest BCUT2D eigenvalue weighted by atomic mass is 19.2. The minimum Gasteiger partial charge on any atom is -0.304 e. The van der Waals surface area contributed by atoms with Crippen molar-refractivity contribution in [1.82, 2.24) is 4.98 Å². The summed E-state index contributed by atoms with van der Waals surface area (Å²) in [6.07, 6.45) is 3.31. The number of carbonyl (C=O) groups excluding carboxylic acids is 1. The average Bonchev–Trinajstić information content (AvgIpc) is 2.63. The van der Waals surface area contributed by atoms with Crippen molar-refractivity contribution in [3.8, 4) is 0 Å². The van der Waals surface area contributed by atoms with Crippen molar-refractivity contribution in [2.24, 2.45) is 0 Å². The fourth-order valence-electron chi connectivity index (χ4n) is 2.35. The first kappa shape index (κ1) is 15.8. The lowest BCUT2D eigenvalue weighted by molar-refractivity contribution is 0.0984. The molecule has 2 aromatic carbocycles. The van der Waals surface area contributed by atoms with Gasteiger partial charge in [0.15, 0.2) is 11.6 Å². The molecule has 1 amide bonds. The SMILES string of the molecule is O=C(c1ccc(F)c(F)c1)N(Cc1cccnc1)c1ccccc1. The van der Waals surface area contributed by atoms with Gasteiger partial charge in [-0.15, -0.1) is 0 Å². The van der Waals surface area contributed by atoms with E-state index in [4.69, 9.17) is 0 Å². The molecule has 0 aliphatic heterocycles. The van der Waals surface area contributed by atoms with Crippen molar-refractivity contribution in [2.45, 2.75) is 6.54 Å². The maximum Gasteiger partial charge on any atom is 0.258 e. The van der Waals surface area contributed by atoms with E-state index in [1.807, 2.05) is 24.3 Å². The normalized spacial score (nSPS) is 10.4. The van der Waals surface area contributed by atoms with E-state index in [9.17, 15) is 13.6 Å². The Morgan fingerprint density at radius 1 is 0.958 bits per heavy atom. The van der Waals surface area contributed by atoms with E-state index in [1.54, 1.807) is 30.6 Å². The van der Waals surface area contributed by atoms with E-state index in [0.29, 0.717) is 5.69 Å². The Bertz CT molecular complexity index is 839. The van der Waals surface area contributed by atoms with Gasteiger partial charge in [-0.05, 0) is 42.0 Å². The Balaban J connectivity index is 1.97. The second kappa shape index (κ2) is 7.00. The summed E-state index contributed by atoms with van der Waals surface area (Å²) in [6.45, 7) is 0.273. The van der Waals surface area contributed by atoms with E-state index in [2.05, 4.69) is 4.98 Å². The molecular weight excluding hydrogens is 310 g/mol. The molecule has 0 saturated carbocycles. The fraction of sp³-hybridized carbons (Fsp3) is 0.0526. The molecule has 120 valence electrons. The van der Waals surface area contributed by atoms with E-state index in [-0.39, 0.29) is 12.1 Å². The second-order valence-corrected chi connectivity index (χ2v) is 5.22. The predicted octanol–water partition coefficient (Wildman–Crippen LogP) is 4.21. The van der Waals surface area contributed by atoms with E-state index in [1.165, 1.54) is 11.0 Å². The van der Waals surface area contributed by atoms with E-state index >= 15 is 0 Å². The summed E-state index contributed by atoms with van der Waals surface area (Å²) < 4.78 is 26.6. The highest BCUT2D eigenvalue weighted by Gasteiger charge is 2.19. The number of nitrogens with zero attached hydrogens (tertiary/aromatic N) is 2. The number of amides is 1. The van der Waals surface area contributed by atoms with Gasteiger partial charge in [0.05, 0.1) is 6.54 Å². The van der Waals surface area contributed by atoms with Crippen molar-refractivity contribution in [1.29, 1.82) is 0 Å². The molecule has 0 aliphatic carbocycles. The first-order valence-corrected chi connectivity index (χ1v) is 7.36. The van der Waals surface area contributed by atoms with Crippen LogP contribution in [0.15, 0.2) is 73.1 Å². The van der Waals surface area contributed by atoms with Crippen LogP contribution in [0, 0.1) is 11.6 Å². The lowest BCUT2D eigenvalue weighted by Crippen LogP contribution is -2.30. The largest absolute Gasteiger partial charge is 0.304 e. The van der Waals surface area contributed by atoms with Crippen LogP contribution in [-0.4, -0.2) is 10.9 Å². The van der Waals surface area contributed by atoms with Crippen LogP contribution in [0.3, 0.4) is 0 Å². The molecule has 1 heterocycles. The second-order valence-electron chi connectivity index (χ2n) is 5.22. The number of hydrogen-bond donors (Lipinski definition) is 0. The number of aromatic nitrogens is 1. The number of para-hydroxylation sites is 1. The van der Waals surface area contributed by atoms with Crippen LogP contribution in [0.4, 0.5) is 14.5 Å². The Labute approximate surface area is 138 Å². The van der Waals surface area contributed by atoms with Crippen LogP contribution in [0.25, 0.3) is 0 Å². The Hall–Kier alpha value is -3.08. The van der Waals surface area contributed by atoms with Crippen molar-refractivity contribution in [3.05, 3.63) is 95.8 Å². The summed E-state index contributed by atoms with van der Waals surface area (Å²) in [7, 11) is 0. The molecule has 5 heteroatoms. The predicted molar refractivity (Wildman–Crippen MR) is 87.6 cm³/mol. The molecule has 0 saturated heterocycles. The zero-order valence-electron chi connectivity index (χ0n) is 12.7. The van der Waals surface area contributed by atoms with Gasteiger partial charge in [-0.1, -0.05) is 24.3 Å². The maximum atomic E-state index is 13.5. The van der Waals surface area contributed by atoms with Crippen LogP contribution in [0.5, 0.6) is 0 Å². The quantitative estimate of drug-likeness (QED) is 0.720. The van der Waals surface area contributed by atoms with Gasteiger partial charge >= 0.3 is 0 Å². The number of pyridine rings is 1. The number of halogens is 2. The van der Waals surface area contributed by atoms with Crippen LogP contribution < -0.4 is 4.90 Å². The minimum absolute atomic E-state index is 0.0849. The third-order valence-corrected chi connectivity index (χ3v) is 3.54. The smallest absolute Gasteiger partial charge is 0.258 e. The molecular formula is C19H14F2N2O. The lowest BCUT2D eigenvalue weighted by atomic mass is 10.1. The monoisotopic (exact) mass is 324 g/mol. The molecule has 0 radical (unpaired) electrons.